The summed E-state index contributed by atoms with van der Waals surface area (Å²) in [5.41, 5.74) is 0. The highest BCUT2D eigenvalue weighted by Crippen LogP contribution is 2.19. The molecular weight excluding hydrogens is 238 g/mol. The normalized spacial score (nSPS) is 17.0. The van der Waals surface area contributed by atoms with Crippen molar-refractivity contribution in [1.82, 2.24) is 9.97 Å². The Labute approximate surface area is 107 Å². The fourth-order valence-corrected chi connectivity index (χ4v) is 2.21. The van der Waals surface area contributed by atoms with Crippen LogP contribution in [0.4, 0.5) is 5.82 Å². The van der Waals surface area contributed by atoms with Crippen LogP contribution in [0.25, 0.3) is 0 Å². The smallest absolute Gasteiger partial charge is 0.149 e. The van der Waals surface area contributed by atoms with Gasteiger partial charge in [-0.15, -0.1) is 0 Å². The van der Waals surface area contributed by atoms with Gasteiger partial charge in [0.2, 0.25) is 0 Å². The molecule has 1 fully saturated rings. The van der Waals surface area contributed by atoms with Crippen molar-refractivity contribution in [3.63, 3.8) is 0 Å². The lowest BCUT2D eigenvalue weighted by atomic mass is 9.98. The molecule has 1 heterocycles. The predicted molar refractivity (Wildman–Crippen MR) is 68.4 cm³/mol. The molecule has 2 rings (SSSR count). The van der Waals surface area contributed by atoms with Crippen LogP contribution >= 0.6 is 11.6 Å². The van der Waals surface area contributed by atoms with E-state index in [9.17, 15) is 0 Å². The van der Waals surface area contributed by atoms with Crippen molar-refractivity contribution in [2.75, 3.05) is 18.5 Å². The van der Waals surface area contributed by atoms with Crippen LogP contribution in [0.2, 0.25) is 5.15 Å². The van der Waals surface area contributed by atoms with E-state index in [2.05, 4.69) is 15.3 Å². The van der Waals surface area contributed by atoms with Crippen molar-refractivity contribution in [2.24, 2.45) is 0 Å². The summed E-state index contributed by atoms with van der Waals surface area (Å²) in [6, 6.07) is 0. The SMILES string of the molecule is Clc1cncc(NCCOC2CCCCC2)n1. The largest absolute Gasteiger partial charge is 0.376 e. The Hall–Kier alpha value is -0.870. The third-order valence-corrected chi connectivity index (χ3v) is 3.10. The van der Waals surface area contributed by atoms with Crippen LogP contribution in [-0.4, -0.2) is 29.2 Å². The van der Waals surface area contributed by atoms with E-state index in [4.69, 9.17) is 16.3 Å². The van der Waals surface area contributed by atoms with E-state index in [1.54, 1.807) is 6.20 Å². The molecule has 1 aromatic heterocycles. The first-order chi connectivity index (χ1) is 8.34. The zero-order chi connectivity index (χ0) is 11.9. The second kappa shape index (κ2) is 6.77. The summed E-state index contributed by atoms with van der Waals surface area (Å²) in [6.07, 6.45) is 10.0. The highest BCUT2D eigenvalue weighted by molar-refractivity contribution is 6.29. The van der Waals surface area contributed by atoms with Crippen LogP contribution in [0, 0.1) is 0 Å². The van der Waals surface area contributed by atoms with Gasteiger partial charge < -0.3 is 10.1 Å². The Morgan fingerprint density at radius 2 is 2.12 bits per heavy atom. The second-order valence-electron chi connectivity index (χ2n) is 4.28. The summed E-state index contributed by atoms with van der Waals surface area (Å²) in [7, 11) is 0. The minimum Gasteiger partial charge on any atom is -0.376 e. The van der Waals surface area contributed by atoms with Gasteiger partial charge in [-0.3, -0.25) is 4.98 Å². The fraction of sp³-hybridized carbons (Fsp3) is 0.667. The number of rotatable bonds is 5. The van der Waals surface area contributed by atoms with E-state index in [-0.39, 0.29) is 0 Å². The lowest BCUT2D eigenvalue weighted by molar-refractivity contribution is 0.0347. The highest BCUT2D eigenvalue weighted by Gasteiger charge is 2.12. The molecule has 1 aliphatic rings. The molecule has 0 radical (unpaired) electrons. The summed E-state index contributed by atoms with van der Waals surface area (Å²) in [5, 5.41) is 3.55. The molecule has 0 aliphatic heterocycles. The lowest BCUT2D eigenvalue weighted by Gasteiger charge is -2.22. The standard InChI is InChI=1S/C12H18ClN3O/c13-11-8-14-9-12(16-11)15-6-7-17-10-4-2-1-3-5-10/h8-10H,1-7H2,(H,15,16). The zero-order valence-corrected chi connectivity index (χ0v) is 10.6. The Kier molecular flexibility index (Phi) is 5.01. The molecule has 1 aromatic rings. The van der Waals surface area contributed by atoms with Gasteiger partial charge in [-0.25, -0.2) is 4.98 Å². The number of hydrogen-bond donors (Lipinski definition) is 1. The van der Waals surface area contributed by atoms with Gasteiger partial charge in [0.1, 0.15) is 11.0 Å². The minimum absolute atomic E-state index is 0.406. The molecule has 1 N–H and O–H groups in total. The maximum absolute atomic E-state index is 5.79. The summed E-state index contributed by atoms with van der Waals surface area (Å²) >= 11 is 5.73. The van der Waals surface area contributed by atoms with E-state index in [0.29, 0.717) is 23.7 Å². The van der Waals surface area contributed by atoms with Crippen molar-refractivity contribution in [3.8, 4) is 0 Å². The summed E-state index contributed by atoms with van der Waals surface area (Å²) in [5.74, 6) is 0.699. The molecule has 0 amide bonds. The van der Waals surface area contributed by atoms with Gasteiger partial charge >= 0.3 is 0 Å². The van der Waals surface area contributed by atoms with E-state index in [0.717, 1.165) is 6.54 Å². The number of nitrogens with zero attached hydrogens (tertiary/aromatic N) is 2. The van der Waals surface area contributed by atoms with Crippen LogP contribution in [-0.2, 0) is 4.74 Å². The quantitative estimate of drug-likeness (QED) is 0.822. The first-order valence-electron chi connectivity index (χ1n) is 6.17. The number of hydrogen-bond acceptors (Lipinski definition) is 4. The molecule has 17 heavy (non-hydrogen) atoms. The molecule has 0 spiro atoms. The average Bonchev–Trinajstić information content (AvgIpc) is 2.36. The maximum atomic E-state index is 5.79. The van der Waals surface area contributed by atoms with Gasteiger partial charge in [-0.05, 0) is 12.8 Å². The zero-order valence-electron chi connectivity index (χ0n) is 9.86. The number of ether oxygens (including phenoxy) is 1. The summed E-state index contributed by atoms with van der Waals surface area (Å²) in [6.45, 7) is 1.45. The van der Waals surface area contributed by atoms with Gasteiger partial charge in [-0.1, -0.05) is 30.9 Å². The Bertz CT molecular complexity index is 342. The third kappa shape index (κ3) is 4.48. The number of aromatic nitrogens is 2. The van der Waals surface area contributed by atoms with Crippen LogP contribution in [0.3, 0.4) is 0 Å². The third-order valence-electron chi connectivity index (χ3n) is 2.92. The molecule has 94 valence electrons. The van der Waals surface area contributed by atoms with Crippen LogP contribution in [0.5, 0.6) is 0 Å². The number of nitrogens with one attached hydrogen (secondary N) is 1. The first-order valence-corrected chi connectivity index (χ1v) is 6.55. The highest BCUT2D eigenvalue weighted by atomic mass is 35.5. The van der Waals surface area contributed by atoms with Crippen molar-refractivity contribution in [1.29, 1.82) is 0 Å². The lowest BCUT2D eigenvalue weighted by Crippen LogP contribution is -2.20. The molecule has 1 saturated carbocycles. The Morgan fingerprint density at radius 1 is 1.29 bits per heavy atom. The maximum Gasteiger partial charge on any atom is 0.149 e. The topological polar surface area (TPSA) is 47.0 Å². The number of halogens is 1. The van der Waals surface area contributed by atoms with Crippen LogP contribution in [0.1, 0.15) is 32.1 Å². The van der Waals surface area contributed by atoms with E-state index >= 15 is 0 Å². The molecule has 0 aromatic carbocycles. The van der Waals surface area contributed by atoms with E-state index < -0.39 is 0 Å². The molecule has 0 atom stereocenters. The van der Waals surface area contributed by atoms with Gasteiger partial charge in [0.25, 0.3) is 0 Å². The van der Waals surface area contributed by atoms with E-state index in [1.165, 1.54) is 38.3 Å². The second-order valence-corrected chi connectivity index (χ2v) is 4.67. The fourth-order valence-electron chi connectivity index (χ4n) is 2.06. The molecule has 5 heteroatoms. The summed E-state index contributed by atoms with van der Waals surface area (Å²) in [4.78, 5) is 8.05. The van der Waals surface area contributed by atoms with Gasteiger partial charge in [-0.2, -0.15) is 0 Å². The van der Waals surface area contributed by atoms with Crippen molar-refractivity contribution >= 4 is 17.4 Å². The van der Waals surface area contributed by atoms with Crippen LogP contribution < -0.4 is 5.32 Å². The monoisotopic (exact) mass is 255 g/mol. The summed E-state index contributed by atoms with van der Waals surface area (Å²) < 4.78 is 5.79. The molecule has 1 aliphatic carbocycles. The van der Waals surface area contributed by atoms with E-state index in [1.807, 2.05) is 0 Å². The number of anilines is 1. The molecule has 0 unspecified atom stereocenters. The van der Waals surface area contributed by atoms with Gasteiger partial charge in [0, 0.05) is 6.54 Å². The molecular formula is C12H18ClN3O. The van der Waals surface area contributed by atoms with Crippen LogP contribution in [0.15, 0.2) is 12.4 Å². The first kappa shape index (κ1) is 12.6. The molecule has 4 nitrogen and oxygen atoms in total. The molecule has 0 saturated heterocycles. The van der Waals surface area contributed by atoms with Gasteiger partial charge in [0.15, 0.2) is 0 Å². The van der Waals surface area contributed by atoms with Crippen molar-refractivity contribution < 1.29 is 4.74 Å². The Balaban J connectivity index is 1.62. The minimum atomic E-state index is 0.406. The average molecular weight is 256 g/mol. The van der Waals surface area contributed by atoms with Crippen molar-refractivity contribution in [3.05, 3.63) is 17.5 Å². The Morgan fingerprint density at radius 3 is 2.88 bits per heavy atom. The van der Waals surface area contributed by atoms with Gasteiger partial charge in [0.05, 0.1) is 25.1 Å². The predicted octanol–water partition coefficient (Wildman–Crippen LogP) is 2.89. The van der Waals surface area contributed by atoms with Crippen molar-refractivity contribution in [2.45, 2.75) is 38.2 Å². The molecule has 0 bridgehead atoms.